The van der Waals surface area contributed by atoms with E-state index in [1.54, 1.807) is 40.7 Å². The number of methoxy groups -OCH3 is 1. The van der Waals surface area contributed by atoms with Gasteiger partial charge in [0.15, 0.2) is 23.7 Å². The summed E-state index contributed by atoms with van der Waals surface area (Å²) in [6.07, 6.45) is 3.92. The van der Waals surface area contributed by atoms with Crippen molar-refractivity contribution in [3.05, 3.63) is 41.5 Å². The highest BCUT2D eigenvalue weighted by Crippen LogP contribution is 2.76. The van der Waals surface area contributed by atoms with Crippen molar-refractivity contribution in [2.75, 3.05) is 19.0 Å². The Bertz CT molecular complexity index is 1660. The zero-order valence-corrected chi connectivity index (χ0v) is 29.1. The average molecular weight is 683 g/mol. The lowest BCUT2D eigenvalue weighted by Gasteiger charge is -2.59. The number of carbonyl (C=O) groups excluding carboxylic acids is 4. The molecule has 3 saturated carbocycles. The SMILES string of the molecule is COc1cc(NC(=O)[C@@H](N)C(C)C)c(C(=O)OCC(=O)[C@]23O[C@@]24C[C@H](O)[C@@]2(F)[C@@H](CCC5=CC(=O)C=C[C@@]52C)C4C[C@H]3C)c(OC(C)C)c1. The van der Waals surface area contributed by atoms with Gasteiger partial charge in [-0.15, -0.1) is 0 Å². The Morgan fingerprint density at radius 3 is 2.55 bits per heavy atom. The molecule has 1 aromatic carbocycles. The molecular formula is C37H47FN2O9. The summed E-state index contributed by atoms with van der Waals surface area (Å²) in [6, 6.07) is 2.07. The minimum Gasteiger partial charge on any atom is -0.497 e. The van der Waals surface area contributed by atoms with Gasteiger partial charge >= 0.3 is 5.97 Å². The highest BCUT2D eigenvalue weighted by Gasteiger charge is 2.88. The molecule has 1 amide bonds. The Morgan fingerprint density at radius 2 is 1.90 bits per heavy atom. The molecule has 0 aromatic heterocycles. The standard InChI is InChI=1S/C37H47FN2O9/c1-18(2)31(39)32(44)40-26-14-23(46-7)15-27(48-19(3)4)30(26)33(45)47-17-29(43)37-20(5)12-25-24-9-8-21-13-22(41)10-11-34(21,6)36(24,38)28(42)16-35(25,37)49-37/h10-11,13-15,18-20,24-25,28,31,42H,8-9,12,16-17,39H2,1-7H3,(H,40,44)/t20-,24+,25?,28+,31+,34+,35-,36+,37+/m1/s1. The summed E-state index contributed by atoms with van der Waals surface area (Å²) < 4.78 is 40.8. The number of esters is 1. The molecule has 4 N–H and O–H groups in total. The highest BCUT2D eigenvalue weighted by molar-refractivity contribution is 6.06. The molecule has 1 saturated heterocycles. The molecule has 9 atom stereocenters. The first-order valence-electron chi connectivity index (χ1n) is 17.1. The van der Waals surface area contributed by atoms with E-state index in [2.05, 4.69) is 5.32 Å². The molecule has 1 aromatic rings. The van der Waals surface area contributed by atoms with Crippen LogP contribution in [0.1, 0.15) is 77.6 Å². The van der Waals surface area contributed by atoms with E-state index in [0.717, 1.165) is 0 Å². The van der Waals surface area contributed by atoms with Gasteiger partial charge in [-0.1, -0.05) is 32.4 Å². The van der Waals surface area contributed by atoms with Crippen LogP contribution in [0.25, 0.3) is 0 Å². The lowest BCUT2D eigenvalue weighted by atomic mass is 9.48. The smallest absolute Gasteiger partial charge is 0.344 e. The number of anilines is 1. The summed E-state index contributed by atoms with van der Waals surface area (Å²) in [6.45, 7) is 10.1. The molecule has 5 aliphatic rings. The van der Waals surface area contributed by atoms with E-state index in [1.165, 1.54) is 31.4 Å². The van der Waals surface area contributed by atoms with Crippen molar-refractivity contribution in [1.82, 2.24) is 0 Å². The van der Waals surface area contributed by atoms with Crippen molar-refractivity contribution in [3.63, 3.8) is 0 Å². The molecule has 1 heterocycles. The van der Waals surface area contributed by atoms with Crippen LogP contribution in [0, 0.1) is 29.1 Å². The molecule has 0 bridgehead atoms. The third-order valence-corrected chi connectivity index (χ3v) is 11.8. The third kappa shape index (κ3) is 5.07. The number of epoxide rings is 1. The molecule has 1 spiro atoms. The zero-order chi connectivity index (χ0) is 35.8. The van der Waals surface area contributed by atoms with Crippen LogP contribution in [0.5, 0.6) is 11.5 Å². The number of aliphatic hydroxyl groups is 1. The predicted octanol–water partition coefficient (Wildman–Crippen LogP) is 4.25. The van der Waals surface area contributed by atoms with Crippen molar-refractivity contribution in [1.29, 1.82) is 0 Å². The maximum absolute atomic E-state index is 17.5. The van der Waals surface area contributed by atoms with E-state index >= 15 is 4.39 Å². The Balaban J connectivity index is 1.25. The Kier molecular flexibility index (Phi) is 8.64. The predicted molar refractivity (Wildman–Crippen MR) is 177 cm³/mol. The van der Waals surface area contributed by atoms with Crippen LogP contribution in [-0.4, -0.2) is 77.4 Å². The summed E-state index contributed by atoms with van der Waals surface area (Å²) in [5, 5.41) is 14.3. The van der Waals surface area contributed by atoms with Crippen LogP contribution in [-0.2, 0) is 23.9 Å². The highest BCUT2D eigenvalue weighted by atomic mass is 19.1. The molecule has 1 unspecified atom stereocenters. The number of nitrogens with two attached hydrogens (primary N) is 1. The summed E-state index contributed by atoms with van der Waals surface area (Å²) in [4.78, 5) is 53.0. The molecule has 6 rings (SSSR count). The van der Waals surface area contributed by atoms with Crippen molar-refractivity contribution in [3.8, 4) is 11.5 Å². The number of allylic oxidation sites excluding steroid dienone is 4. The first kappa shape index (κ1) is 35.2. The maximum atomic E-state index is 17.5. The molecule has 266 valence electrons. The summed E-state index contributed by atoms with van der Waals surface area (Å²) in [5.41, 5.74) is 1.02. The third-order valence-electron chi connectivity index (χ3n) is 11.8. The summed E-state index contributed by atoms with van der Waals surface area (Å²) in [7, 11) is 1.43. The minimum atomic E-state index is -2.05. The number of rotatable bonds is 10. The van der Waals surface area contributed by atoms with Crippen molar-refractivity contribution in [2.45, 2.75) is 102 Å². The maximum Gasteiger partial charge on any atom is 0.344 e. The van der Waals surface area contributed by atoms with Crippen LogP contribution in [0.2, 0.25) is 0 Å². The monoisotopic (exact) mass is 682 g/mol. The molecule has 49 heavy (non-hydrogen) atoms. The van der Waals surface area contributed by atoms with Crippen LogP contribution in [0.4, 0.5) is 10.1 Å². The fourth-order valence-electron chi connectivity index (χ4n) is 9.32. The number of Topliss-reactive ketones (excluding diaryl/α,β-unsaturated/α-hetero) is 1. The Morgan fingerprint density at radius 1 is 1.18 bits per heavy atom. The summed E-state index contributed by atoms with van der Waals surface area (Å²) in [5.74, 6) is -3.23. The number of ketones is 2. The van der Waals surface area contributed by atoms with Crippen LogP contribution < -0.4 is 20.5 Å². The van der Waals surface area contributed by atoms with E-state index in [-0.39, 0.29) is 53.1 Å². The number of benzene rings is 1. The lowest BCUT2D eigenvalue weighted by Crippen LogP contribution is -2.66. The van der Waals surface area contributed by atoms with E-state index in [0.29, 0.717) is 30.6 Å². The number of amides is 1. The minimum absolute atomic E-state index is 0.0486. The largest absolute Gasteiger partial charge is 0.497 e. The van der Waals surface area contributed by atoms with Crippen LogP contribution >= 0.6 is 0 Å². The number of ether oxygens (including phenoxy) is 4. The Labute approximate surface area is 285 Å². The quantitative estimate of drug-likeness (QED) is 0.240. The number of halogens is 1. The molecule has 0 radical (unpaired) electrons. The number of fused-ring (bicyclic) bond motifs is 4. The van der Waals surface area contributed by atoms with Gasteiger partial charge in [0.1, 0.15) is 22.7 Å². The first-order valence-corrected chi connectivity index (χ1v) is 17.1. The molecule has 4 fully saturated rings. The first-order chi connectivity index (χ1) is 23.0. The van der Waals surface area contributed by atoms with Gasteiger partial charge in [-0.25, -0.2) is 9.18 Å². The second kappa shape index (κ2) is 12.0. The van der Waals surface area contributed by atoms with Gasteiger partial charge in [-0.05, 0) is 69.9 Å². The lowest BCUT2D eigenvalue weighted by molar-refractivity contribution is -0.179. The van der Waals surface area contributed by atoms with Gasteiger partial charge in [0, 0.05) is 29.9 Å². The Hall–Kier alpha value is -3.61. The van der Waals surface area contributed by atoms with Gasteiger partial charge in [-0.3, -0.25) is 14.4 Å². The van der Waals surface area contributed by atoms with Crippen molar-refractivity contribution < 1.29 is 47.6 Å². The molecule has 11 nitrogen and oxygen atoms in total. The van der Waals surface area contributed by atoms with E-state index in [1.807, 2.05) is 6.92 Å². The number of nitrogens with one attached hydrogen (secondary N) is 1. The fourth-order valence-corrected chi connectivity index (χ4v) is 9.32. The molecule has 1 aliphatic heterocycles. The number of hydrogen-bond donors (Lipinski definition) is 3. The number of carbonyl (C=O) groups is 4. The fraction of sp³-hybridized carbons (Fsp3) is 0.622. The van der Waals surface area contributed by atoms with Gasteiger partial charge in [-0.2, -0.15) is 0 Å². The van der Waals surface area contributed by atoms with Crippen molar-refractivity contribution >= 4 is 29.1 Å². The number of aliphatic hydroxyl groups excluding tert-OH is 1. The van der Waals surface area contributed by atoms with Gasteiger partial charge in [0.25, 0.3) is 0 Å². The molecular weight excluding hydrogens is 635 g/mol. The second-order valence-corrected chi connectivity index (χ2v) is 15.2. The second-order valence-electron chi connectivity index (χ2n) is 15.2. The van der Waals surface area contributed by atoms with Gasteiger partial charge in [0.2, 0.25) is 11.7 Å². The number of hydrogen-bond acceptors (Lipinski definition) is 10. The topological polar surface area (TPSA) is 167 Å². The average Bonchev–Trinajstić information content (AvgIpc) is 3.64. The molecule has 4 aliphatic carbocycles. The van der Waals surface area contributed by atoms with Gasteiger partial charge < -0.3 is 35.1 Å². The normalized spacial score (nSPS) is 36.2. The molecule has 12 heteroatoms. The van der Waals surface area contributed by atoms with Crippen LogP contribution in [0.15, 0.2) is 35.9 Å². The van der Waals surface area contributed by atoms with Crippen LogP contribution in [0.3, 0.4) is 0 Å². The van der Waals surface area contributed by atoms with Crippen molar-refractivity contribution in [2.24, 2.45) is 34.8 Å². The van der Waals surface area contributed by atoms with E-state index in [9.17, 15) is 24.3 Å². The van der Waals surface area contributed by atoms with E-state index in [4.69, 9.17) is 24.7 Å². The van der Waals surface area contributed by atoms with E-state index < -0.39 is 64.6 Å². The van der Waals surface area contributed by atoms with Gasteiger partial charge in [0.05, 0.1) is 31.0 Å². The number of alkyl halides is 1. The zero-order valence-electron chi connectivity index (χ0n) is 29.1. The summed E-state index contributed by atoms with van der Waals surface area (Å²) >= 11 is 0.